The van der Waals surface area contributed by atoms with Crippen molar-refractivity contribution in [1.82, 2.24) is 0 Å². The molecule has 0 N–H and O–H groups in total. The molecule has 32 heavy (non-hydrogen) atoms. The van der Waals surface area contributed by atoms with Gasteiger partial charge in [-0.1, -0.05) is 36.4 Å². The lowest BCUT2D eigenvalue weighted by Crippen LogP contribution is -2.65. The van der Waals surface area contributed by atoms with E-state index in [4.69, 9.17) is 4.74 Å². The van der Waals surface area contributed by atoms with Crippen LogP contribution >= 0.6 is 22.7 Å². The predicted molar refractivity (Wildman–Crippen MR) is 132 cm³/mol. The highest BCUT2D eigenvalue weighted by atomic mass is 32.1. The Morgan fingerprint density at radius 2 is 1.91 bits per heavy atom. The van der Waals surface area contributed by atoms with Gasteiger partial charge in [0.05, 0.1) is 31.9 Å². The summed E-state index contributed by atoms with van der Waals surface area (Å²) in [6.45, 7) is 5.18. The Morgan fingerprint density at radius 1 is 1.06 bits per heavy atom. The summed E-state index contributed by atoms with van der Waals surface area (Å²) in [6, 6.07) is 16.6. The molecule has 1 atom stereocenters. The summed E-state index contributed by atoms with van der Waals surface area (Å²) in [6.07, 6.45) is 4.55. The first-order chi connectivity index (χ1) is 15.7. The number of rotatable bonds is 8. The van der Waals surface area contributed by atoms with Crippen molar-refractivity contribution in [3.63, 3.8) is 0 Å². The molecule has 6 heteroatoms. The second-order valence-corrected chi connectivity index (χ2v) is 11.0. The van der Waals surface area contributed by atoms with Crippen LogP contribution in [0.4, 0.5) is 10.5 Å². The second-order valence-electron chi connectivity index (χ2n) is 9.19. The van der Waals surface area contributed by atoms with E-state index in [1.165, 1.54) is 43.8 Å². The maximum absolute atomic E-state index is 13.4. The van der Waals surface area contributed by atoms with Crippen LogP contribution in [0.5, 0.6) is 0 Å². The number of hydrogen-bond acceptors (Lipinski definition) is 4. The fraction of sp³-hybridized carbons (Fsp3) is 0.423. The monoisotopic (exact) mass is 467 g/mol. The van der Waals surface area contributed by atoms with E-state index in [-0.39, 0.29) is 12.2 Å². The summed E-state index contributed by atoms with van der Waals surface area (Å²) in [5.41, 5.74) is 2.03. The van der Waals surface area contributed by atoms with Gasteiger partial charge in [-0.15, -0.1) is 11.3 Å². The van der Waals surface area contributed by atoms with Gasteiger partial charge in [0.15, 0.2) is 6.10 Å². The SMILES string of the molecule is O=C(O[C@H]1C[N+]2(CCCc3cccs3)CCC1CC2)N(Cc1ccccc1)c1ccsc1. The topological polar surface area (TPSA) is 29.5 Å². The zero-order chi connectivity index (χ0) is 21.8. The fourth-order valence-corrected chi connectivity index (χ4v) is 6.74. The van der Waals surface area contributed by atoms with E-state index in [1.807, 2.05) is 46.4 Å². The van der Waals surface area contributed by atoms with Gasteiger partial charge in [-0.2, -0.15) is 11.3 Å². The molecule has 0 unspecified atom stereocenters. The zero-order valence-corrected chi connectivity index (χ0v) is 20.0. The van der Waals surface area contributed by atoms with Crippen LogP contribution in [0, 0.1) is 5.92 Å². The highest BCUT2D eigenvalue weighted by molar-refractivity contribution is 7.09. The normalized spacial score (nSPS) is 24.4. The first-order valence-electron chi connectivity index (χ1n) is 11.6. The predicted octanol–water partition coefficient (Wildman–Crippen LogP) is 6.19. The number of quaternary nitrogens is 1. The van der Waals surface area contributed by atoms with Gasteiger partial charge in [-0.05, 0) is 34.9 Å². The maximum atomic E-state index is 13.4. The number of ether oxygens (including phenoxy) is 1. The van der Waals surface area contributed by atoms with E-state index >= 15 is 0 Å². The van der Waals surface area contributed by atoms with Gasteiger partial charge in [-0.25, -0.2) is 4.79 Å². The van der Waals surface area contributed by atoms with E-state index in [1.54, 1.807) is 16.2 Å². The van der Waals surface area contributed by atoms with Crippen LogP contribution < -0.4 is 4.90 Å². The van der Waals surface area contributed by atoms with Gasteiger partial charge >= 0.3 is 6.09 Å². The van der Waals surface area contributed by atoms with Gasteiger partial charge in [0, 0.05) is 35.4 Å². The molecular formula is C26H31N2O2S2+. The van der Waals surface area contributed by atoms with Crippen LogP contribution in [0.2, 0.25) is 0 Å². The highest BCUT2D eigenvalue weighted by Crippen LogP contribution is 2.36. The van der Waals surface area contributed by atoms with E-state index in [0.29, 0.717) is 12.5 Å². The number of hydrogen-bond donors (Lipinski definition) is 0. The maximum Gasteiger partial charge on any atom is 0.415 e. The van der Waals surface area contributed by atoms with Crippen LogP contribution in [0.15, 0.2) is 64.7 Å². The number of nitrogens with zero attached hydrogens (tertiary/aromatic N) is 2. The molecule has 168 valence electrons. The molecule has 3 fully saturated rings. The third kappa shape index (κ3) is 4.92. The number of amides is 1. The lowest BCUT2D eigenvalue weighted by molar-refractivity contribution is -0.946. The Morgan fingerprint density at radius 3 is 2.62 bits per heavy atom. The third-order valence-electron chi connectivity index (χ3n) is 7.15. The zero-order valence-electron chi connectivity index (χ0n) is 18.4. The minimum absolute atomic E-state index is 0.0312. The molecule has 2 aromatic heterocycles. The first kappa shape index (κ1) is 21.7. The van der Waals surface area contributed by atoms with Crippen molar-refractivity contribution in [2.45, 2.75) is 38.3 Å². The van der Waals surface area contributed by atoms with Crippen molar-refractivity contribution < 1.29 is 14.0 Å². The van der Waals surface area contributed by atoms with Crippen molar-refractivity contribution in [2.24, 2.45) is 5.92 Å². The number of carbonyl (C=O) groups excluding carboxylic acids is 1. The van der Waals surface area contributed by atoms with Crippen molar-refractivity contribution in [1.29, 1.82) is 0 Å². The molecule has 3 aromatic rings. The van der Waals surface area contributed by atoms with E-state index < -0.39 is 0 Å². The minimum atomic E-state index is -0.206. The van der Waals surface area contributed by atoms with Crippen molar-refractivity contribution in [3.8, 4) is 0 Å². The molecule has 0 saturated carbocycles. The van der Waals surface area contributed by atoms with Crippen molar-refractivity contribution in [3.05, 3.63) is 75.1 Å². The number of carbonyl (C=O) groups is 1. The molecule has 3 saturated heterocycles. The number of thiophene rings is 2. The number of aryl methyl sites for hydroxylation is 1. The fourth-order valence-electron chi connectivity index (χ4n) is 5.34. The molecule has 3 aliphatic heterocycles. The molecule has 2 bridgehead atoms. The summed E-state index contributed by atoms with van der Waals surface area (Å²) in [7, 11) is 0. The Balaban J connectivity index is 1.24. The Bertz CT molecular complexity index is 980. The lowest BCUT2D eigenvalue weighted by atomic mass is 9.83. The standard InChI is InChI=1S/C26H31N2O2S2/c29-26(27(23-12-17-31-20-23)18-21-6-2-1-3-7-21)30-25-19-28(14-10-22(25)11-15-28)13-4-8-24-9-5-16-32-24/h1-3,5-7,9,12,16-17,20,22,25H,4,8,10-11,13-15,18-19H2/q+1/t22?,25-,28?/m0/s1. The number of piperidine rings is 3. The number of fused-ring (bicyclic) bond motifs is 3. The summed E-state index contributed by atoms with van der Waals surface area (Å²) in [5.74, 6) is 0.511. The molecule has 1 aromatic carbocycles. The van der Waals surface area contributed by atoms with Crippen LogP contribution in [0.3, 0.4) is 0 Å². The van der Waals surface area contributed by atoms with Crippen LogP contribution in [0.25, 0.3) is 0 Å². The van der Waals surface area contributed by atoms with Gasteiger partial charge in [0.25, 0.3) is 0 Å². The minimum Gasteiger partial charge on any atom is -0.440 e. The van der Waals surface area contributed by atoms with Crippen molar-refractivity contribution >= 4 is 34.5 Å². The average Bonchev–Trinajstić information content (AvgIpc) is 3.53. The molecule has 4 nitrogen and oxygen atoms in total. The number of anilines is 1. The second kappa shape index (κ2) is 9.77. The van der Waals surface area contributed by atoms with E-state index in [9.17, 15) is 4.79 Å². The molecule has 3 aliphatic rings. The molecule has 1 amide bonds. The summed E-state index contributed by atoms with van der Waals surface area (Å²) in [5, 5.41) is 6.21. The van der Waals surface area contributed by atoms with Crippen LogP contribution in [-0.2, 0) is 17.7 Å². The van der Waals surface area contributed by atoms with Crippen LogP contribution in [-0.4, -0.2) is 42.9 Å². The van der Waals surface area contributed by atoms with Crippen LogP contribution in [0.1, 0.15) is 29.7 Å². The van der Waals surface area contributed by atoms with E-state index in [2.05, 4.69) is 29.6 Å². The Hall–Kier alpha value is -2.15. The lowest BCUT2D eigenvalue weighted by Gasteiger charge is -2.52. The molecule has 6 rings (SSSR count). The third-order valence-corrected chi connectivity index (χ3v) is 8.76. The molecular weight excluding hydrogens is 436 g/mol. The summed E-state index contributed by atoms with van der Waals surface area (Å²) in [4.78, 5) is 16.6. The smallest absolute Gasteiger partial charge is 0.415 e. The number of benzene rings is 1. The molecule has 0 spiro atoms. The molecule has 0 radical (unpaired) electrons. The molecule has 5 heterocycles. The Labute approximate surface area is 198 Å². The average molecular weight is 468 g/mol. The first-order valence-corrected chi connectivity index (χ1v) is 13.4. The quantitative estimate of drug-likeness (QED) is 0.370. The molecule has 0 aliphatic carbocycles. The van der Waals surface area contributed by atoms with E-state index in [0.717, 1.165) is 28.7 Å². The van der Waals surface area contributed by atoms with Gasteiger partial charge in [0.1, 0.15) is 6.54 Å². The summed E-state index contributed by atoms with van der Waals surface area (Å²) >= 11 is 3.47. The largest absolute Gasteiger partial charge is 0.440 e. The highest BCUT2D eigenvalue weighted by Gasteiger charge is 2.47. The van der Waals surface area contributed by atoms with Gasteiger partial charge in [-0.3, -0.25) is 4.90 Å². The summed E-state index contributed by atoms with van der Waals surface area (Å²) < 4.78 is 7.36. The van der Waals surface area contributed by atoms with Crippen molar-refractivity contribution in [2.75, 3.05) is 31.1 Å². The van der Waals surface area contributed by atoms with Gasteiger partial charge in [0.2, 0.25) is 0 Å². The van der Waals surface area contributed by atoms with Gasteiger partial charge < -0.3 is 9.22 Å². The Kier molecular flexibility index (Phi) is 6.62.